The molecule has 1 aliphatic heterocycles. The number of nitrogens with zero attached hydrogens (tertiary/aromatic N) is 1. The number of allylic oxidation sites excluding steroid dienone is 2. The van der Waals surface area contributed by atoms with Crippen LogP contribution in [0.5, 0.6) is 11.5 Å². The molecule has 0 bridgehead atoms. The molecule has 1 unspecified atom stereocenters. The Labute approximate surface area is 179 Å². The Bertz CT molecular complexity index is 1090. The third kappa shape index (κ3) is 3.60. The summed E-state index contributed by atoms with van der Waals surface area (Å²) in [4.78, 5) is 0. The van der Waals surface area contributed by atoms with Crippen molar-refractivity contribution in [1.29, 1.82) is 0 Å². The van der Waals surface area contributed by atoms with E-state index in [9.17, 15) is 8.42 Å². The predicted molar refractivity (Wildman–Crippen MR) is 122 cm³/mol. The minimum atomic E-state index is -3.48. The Balaban J connectivity index is 1.65. The average molecular weight is 426 g/mol. The molecular formula is C24H29N2O3S+. The first-order chi connectivity index (χ1) is 14.5. The van der Waals surface area contributed by atoms with Gasteiger partial charge in [0.15, 0.2) is 5.69 Å². The molecule has 4 rings (SSSR count). The summed E-state index contributed by atoms with van der Waals surface area (Å²) in [5, 5.41) is 0. The maximum Gasteiger partial charge on any atom is 0.306 e. The number of rotatable bonds is 6. The van der Waals surface area contributed by atoms with Crippen LogP contribution in [0, 0.1) is 0 Å². The second-order valence-electron chi connectivity index (χ2n) is 7.82. The Hall–Kier alpha value is -2.41. The number of fused-ring (bicyclic) bond motifs is 1. The topological polar surface area (TPSA) is 69.4 Å². The quantitative estimate of drug-likeness (QED) is 0.695. The van der Waals surface area contributed by atoms with Gasteiger partial charge in [-0.3, -0.25) is 0 Å². The normalized spacial score (nSPS) is 21.1. The van der Waals surface area contributed by atoms with Crippen molar-refractivity contribution in [3.05, 3.63) is 77.5 Å². The van der Waals surface area contributed by atoms with Crippen LogP contribution in [0.15, 0.2) is 66.4 Å². The molecule has 0 saturated heterocycles. The van der Waals surface area contributed by atoms with Gasteiger partial charge in [0, 0.05) is 12.1 Å². The number of sulfonamides is 1. The standard InChI is InChI=1S/C24H29N2O3S/c1-2-30(27,28)26(16-6-5-9-22(26)18-25)21-11-14-23(15-12-21)29-24-13-10-19-7-3-4-8-20(19)17-24/h5-6,9-15,17H,2-4,7-8,16,18,25H2,1H3/q+1. The molecule has 158 valence electrons. The monoisotopic (exact) mass is 425 g/mol. The Morgan fingerprint density at radius 1 is 1.00 bits per heavy atom. The number of hydrogen-bond donors (Lipinski definition) is 1. The molecule has 0 spiro atoms. The van der Waals surface area contributed by atoms with Crippen molar-refractivity contribution in [1.82, 2.24) is 3.89 Å². The second-order valence-corrected chi connectivity index (χ2v) is 10.2. The summed E-state index contributed by atoms with van der Waals surface area (Å²) in [6.07, 6.45) is 10.3. The first-order valence-electron chi connectivity index (χ1n) is 10.6. The van der Waals surface area contributed by atoms with E-state index in [0.717, 1.165) is 18.6 Å². The molecule has 2 aliphatic rings. The molecule has 2 aromatic rings. The van der Waals surface area contributed by atoms with Gasteiger partial charge in [-0.25, -0.2) is 0 Å². The van der Waals surface area contributed by atoms with Crippen LogP contribution in [-0.2, 0) is 22.9 Å². The fourth-order valence-corrected chi connectivity index (χ4v) is 6.14. The molecule has 0 radical (unpaired) electrons. The van der Waals surface area contributed by atoms with E-state index in [4.69, 9.17) is 10.5 Å². The van der Waals surface area contributed by atoms with Gasteiger partial charge in [-0.15, -0.1) is 0 Å². The smallest absolute Gasteiger partial charge is 0.306 e. The van der Waals surface area contributed by atoms with Crippen LogP contribution in [-0.4, -0.2) is 27.3 Å². The van der Waals surface area contributed by atoms with Gasteiger partial charge in [-0.1, -0.05) is 12.1 Å². The SMILES string of the molecule is CCS(=O)(=O)[N+]1(c2ccc(Oc3ccc4c(c3)CCCC4)cc2)CC=CC=C1CN. The lowest BCUT2D eigenvalue weighted by Crippen LogP contribution is -2.56. The zero-order valence-corrected chi connectivity index (χ0v) is 18.2. The van der Waals surface area contributed by atoms with E-state index in [2.05, 4.69) is 12.1 Å². The van der Waals surface area contributed by atoms with Crippen molar-refractivity contribution in [2.75, 3.05) is 18.8 Å². The minimum Gasteiger partial charge on any atom is -0.457 e. The summed E-state index contributed by atoms with van der Waals surface area (Å²) in [6, 6.07) is 13.7. The van der Waals surface area contributed by atoms with Crippen LogP contribution in [0.2, 0.25) is 0 Å². The summed E-state index contributed by atoms with van der Waals surface area (Å²) in [7, 11) is -3.48. The number of aryl methyl sites for hydroxylation is 2. The number of quaternary nitrogens is 1. The maximum atomic E-state index is 13.2. The van der Waals surface area contributed by atoms with Crippen LogP contribution in [0.1, 0.15) is 30.9 Å². The molecule has 1 heterocycles. The minimum absolute atomic E-state index is 0.0333. The van der Waals surface area contributed by atoms with Gasteiger partial charge in [0.25, 0.3) is 0 Å². The Morgan fingerprint density at radius 3 is 2.40 bits per heavy atom. The van der Waals surface area contributed by atoms with Crippen LogP contribution in [0.3, 0.4) is 0 Å². The van der Waals surface area contributed by atoms with Crippen molar-refractivity contribution in [2.45, 2.75) is 32.6 Å². The molecule has 0 saturated carbocycles. The lowest BCUT2D eigenvalue weighted by molar-refractivity contribution is 0.475. The lowest BCUT2D eigenvalue weighted by Gasteiger charge is -2.37. The second kappa shape index (κ2) is 8.38. The van der Waals surface area contributed by atoms with Gasteiger partial charge in [0.05, 0.1) is 12.3 Å². The number of hydrogen-bond acceptors (Lipinski definition) is 4. The van der Waals surface area contributed by atoms with Gasteiger partial charge in [-0.2, -0.15) is 12.3 Å². The molecule has 0 aromatic heterocycles. The molecule has 30 heavy (non-hydrogen) atoms. The highest BCUT2D eigenvalue weighted by Crippen LogP contribution is 2.37. The lowest BCUT2D eigenvalue weighted by atomic mass is 9.92. The van der Waals surface area contributed by atoms with Gasteiger partial charge >= 0.3 is 10.0 Å². The highest BCUT2D eigenvalue weighted by molar-refractivity contribution is 7.91. The molecule has 1 aliphatic carbocycles. The highest BCUT2D eigenvalue weighted by Gasteiger charge is 2.46. The third-order valence-corrected chi connectivity index (χ3v) is 8.38. The summed E-state index contributed by atoms with van der Waals surface area (Å²) in [5.74, 6) is 1.54. The first kappa shape index (κ1) is 20.8. The number of ether oxygens (including phenoxy) is 1. The molecule has 0 amide bonds. The average Bonchev–Trinajstić information content (AvgIpc) is 2.79. The van der Waals surface area contributed by atoms with Crippen molar-refractivity contribution in [3.63, 3.8) is 0 Å². The highest BCUT2D eigenvalue weighted by atomic mass is 32.2. The van der Waals surface area contributed by atoms with E-state index in [-0.39, 0.29) is 16.2 Å². The van der Waals surface area contributed by atoms with E-state index in [0.29, 0.717) is 23.7 Å². The van der Waals surface area contributed by atoms with Gasteiger partial charge < -0.3 is 10.5 Å². The Morgan fingerprint density at radius 2 is 1.70 bits per heavy atom. The summed E-state index contributed by atoms with van der Waals surface area (Å²) in [6.45, 7) is 2.19. The fraction of sp³-hybridized carbons (Fsp3) is 0.333. The van der Waals surface area contributed by atoms with Crippen molar-refractivity contribution >= 4 is 15.7 Å². The zero-order valence-electron chi connectivity index (χ0n) is 17.4. The van der Waals surface area contributed by atoms with Crippen molar-refractivity contribution in [3.8, 4) is 11.5 Å². The van der Waals surface area contributed by atoms with E-state index < -0.39 is 10.0 Å². The Kier molecular flexibility index (Phi) is 5.82. The van der Waals surface area contributed by atoms with Crippen LogP contribution in [0.25, 0.3) is 0 Å². The molecule has 1 atom stereocenters. The summed E-state index contributed by atoms with van der Waals surface area (Å²) >= 11 is 0. The number of nitrogens with two attached hydrogens (primary N) is 1. The van der Waals surface area contributed by atoms with E-state index in [1.54, 1.807) is 6.92 Å². The van der Waals surface area contributed by atoms with Gasteiger partial charge in [-0.05, 0) is 80.2 Å². The van der Waals surface area contributed by atoms with E-state index in [1.807, 2.05) is 48.6 Å². The van der Waals surface area contributed by atoms with E-state index >= 15 is 0 Å². The largest absolute Gasteiger partial charge is 0.457 e. The molecular weight excluding hydrogens is 396 g/mol. The summed E-state index contributed by atoms with van der Waals surface area (Å²) < 4.78 is 32.2. The maximum absolute atomic E-state index is 13.2. The molecule has 2 aromatic carbocycles. The van der Waals surface area contributed by atoms with Crippen molar-refractivity contribution < 1.29 is 13.2 Å². The van der Waals surface area contributed by atoms with Crippen molar-refractivity contribution in [2.24, 2.45) is 5.73 Å². The predicted octanol–water partition coefficient (Wildman–Crippen LogP) is 4.43. The molecule has 0 fully saturated rings. The van der Waals surface area contributed by atoms with Gasteiger partial charge in [0.1, 0.15) is 23.7 Å². The van der Waals surface area contributed by atoms with Gasteiger partial charge in [0.2, 0.25) is 0 Å². The third-order valence-electron chi connectivity index (χ3n) is 6.11. The summed E-state index contributed by atoms with van der Waals surface area (Å²) in [5.41, 5.74) is 10.1. The molecule has 5 nitrogen and oxygen atoms in total. The zero-order chi connectivity index (χ0) is 21.2. The molecule has 6 heteroatoms. The first-order valence-corrected chi connectivity index (χ1v) is 12.2. The van der Waals surface area contributed by atoms with E-state index in [1.165, 1.54) is 24.0 Å². The molecule has 2 N–H and O–H groups in total. The van der Waals surface area contributed by atoms with Crippen LogP contribution >= 0.6 is 0 Å². The van der Waals surface area contributed by atoms with Crippen LogP contribution in [0.4, 0.5) is 5.69 Å². The number of benzene rings is 2. The van der Waals surface area contributed by atoms with Crippen LogP contribution < -0.4 is 14.4 Å². The fourth-order valence-electron chi connectivity index (χ4n) is 4.45.